The van der Waals surface area contributed by atoms with Crippen molar-refractivity contribution in [2.45, 2.75) is 18.4 Å². The van der Waals surface area contributed by atoms with Crippen LogP contribution < -0.4 is 10.5 Å². The summed E-state index contributed by atoms with van der Waals surface area (Å²) in [5.74, 6) is -0.363. The maximum atomic E-state index is 12.3. The Morgan fingerprint density at radius 1 is 1.00 bits per heavy atom. The Kier molecular flexibility index (Phi) is 5.15. The molecular weight excluding hydrogens is 398 g/mol. The number of amides is 1. The SMILES string of the molecule is CCn1c2ccccc2c2cc(/C=C/C(=O)Nc3cccc(S(N)(=O)=O)c3)ccc21. The van der Waals surface area contributed by atoms with Crippen LogP contribution in [0.5, 0.6) is 0 Å². The Bertz CT molecular complexity index is 1400. The predicted molar refractivity (Wildman–Crippen MR) is 121 cm³/mol. The van der Waals surface area contributed by atoms with Gasteiger partial charge in [-0.2, -0.15) is 0 Å². The van der Waals surface area contributed by atoms with Crippen molar-refractivity contribution in [3.8, 4) is 0 Å². The van der Waals surface area contributed by atoms with E-state index in [1.165, 1.54) is 35.2 Å². The van der Waals surface area contributed by atoms with Crippen LogP contribution in [0.2, 0.25) is 0 Å². The summed E-state index contributed by atoms with van der Waals surface area (Å²) in [4.78, 5) is 12.2. The third kappa shape index (κ3) is 3.85. The molecule has 1 heterocycles. The maximum Gasteiger partial charge on any atom is 0.248 e. The molecule has 0 aliphatic rings. The molecule has 0 atom stereocenters. The van der Waals surface area contributed by atoms with E-state index in [0.29, 0.717) is 5.69 Å². The Morgan fingerprint density at radius 2 is 1.77 bits per heavy atom. The number of carbonyl (C=O) groups excluding carboxylic acids is 1. The van der Waals surface area contributed by atoms with Gasteiger partial charge < -0.3 is 9.88 Å². The summed E-state index contributed by atoms with van der Waals surface area (Å²) in [6.45, 7) is 2.99. The third-order valence-corrected chi connectivity index (χ3v) is 5.88. The lowest BCUT2D eigenvalue weighted by Crippen LogP contribution is -2.13. The molecule has 0 spiro atoms. The van der Waals surface area contributed by atoms with E-state index in [9.17, 15) is 13.2 Å². The van der Waals surface area contributed by atoms with Gasteiger partial charge in [-0.25, -0.2) is 13.6 Å². The van der Waals surface area contributed by atoms with Gasteiger partial charge in [0.1, 0.15) is 0 Å². The van der Waals surface area contributed by atoms with Gasteiger partial charge in [0, 0.05) is 40.1 Å². The lowest BCUT2D eigenvalue weighted by molar-refractivity contribution is -0.111. The zero-order chi connectivity index (χ0) is 21.3. The van der Waals surface area contributed by atoms with Crippen LogP contribution >= 0.6 is 0 Å². The van der Waals surface area contributed by atoms with Crippen LogP contribution in [0.15, 0.2) is 77.7 Å². The number of para-hydroxylation sites is 1. The number of fused-ring (bicyclic) bond motifs is 3. The first-order valence-electron chi connectivity index (χ1n) is 9.50. The highest BCUT2D eigenvalue weighted by molar-refractivity contribution is 7.89. The molecule has 3 aromatic carbocycles. The van der Waals surface area contributed by atoms with Gasteiger partial charge in [-0.1, -0.05) is 30.3 Å². The van der Waals surface area contributed by atoms with E-state index in [0.717, 1.165) is 23.0 Å². The number of benzene rings is 3. The molecule has 0 aliphatic heterocycles. The molecular formula is C23H21N3O3S. The first-order chi connectivity index (χ1) is 14.4. The first-order valence-corrected chi connectivity index (χ1v) is 11.0. The number of nitrogens with one attached hydrogen (secondary N) is 1. The van der Waals surface area contributed by atoms with Gasteiger partial charge in [-0.3, -0.25) is 4.79 Å². The van der Waals surface area contributed by atoms with Crippen LogP contribution in [0.1, 0.15) is 12.5 Å². The highest BCUT2D eigenvalue weighted by atomic mass is 32.2. The molecule has 152 valence electrons. The van der Waals surface area contributed by atoms with E-state index in [4.69, 9.17) is 5.14 Å². The van der Waals surface area contributed by atoms with Crippen molar-refractivity contribution in [1.29, 1.82) is 0 Å². The van der Waals surface area contributed by atoms with Crippen LogP contribution in [0.4, 0.5) is 5.69 Å². The second-order valence-corrected chi connectivity index (χ2v) is 8.49. The van der Waals surface area contributed by atoms with E-state index in [1.807, 2.05) is 18.2 Å². The molecule has 0 saturated carbocycles. The van der Waals surface area contributed by atoms with Crippen LogP contribution in [0, 0.1) is 0 Å². The van der Waals surface area contributed by atoms with E-state index in [-0.39, 0.29) is 10.8 Å². The van der Waals surface area contributed by atoms with Gasteiger partial charge in [0.15, 0.2) is 0 Å². The fourth-order valence-corrected chi connectivity index (χ4v) is 4.18. The third-order valence-electron chi connectivity index (χ3n) is 4.97. The van der Waals surface area contributed by atoms with Crippen molar-refractivity contribution < 1.29 is 13.2 Å². The molecule has 0 unspecified atom stereocenters. The Balaban J connectivity index is 1.60. The molecule has 1 amide bonds. The van der Waals surface area contributed by atoms with Crippen molar-refractivity contribution in [3.05, 3.63) is 78.4 Å². The summed E-state index contributed by atoms with van der Waals surface area (Å²) in [6.07, 6.45) is 3.15. The summed E-state index contributed by atoms with van der Waals surface area (Å²) in [6, 6.07) is 20.2. The van der Waals surface area contributed by atoms with Crippen LogP contribution in [-0.4, -0.2) is 18.9 Å². The van der Waals surface area contributed by atoms with Gasteiger partial charge in [0.25, 0.3) is 0 Å². The van der Waals surface area contributed by atoms with Crippen molar-refractivity contribution in [1.82, 2.24) is 4.57 Å². The van der Waals surface area contributed by atoms with Crippen LogP contribution in [-0.2, 0) is 21.4 Å². The molecule has 0 bridgehead atoms. The van der Waals surface area contributed by atoms with Gasteiger partial charge in [0.05, 0.1) is 4.90 Å². The van der Waals surface area contributed by atoms with Crippen LogP contribution in [0.25, 0.3) is 27.9 Å². The number of nitrogens with zero attached hydrogens (tertiary/aromatic N) is 1. The van der Waals surface area contributed by atoms with Crippen molar-refractivity contribution >= 4 is 49.5 Å². The number of anilines is 1. The predicted octanol–water partition coefficient (Wildman–Crippen LogP) is 4.11. The van der Waals surface area contributed by atoms with Gasteiger partial charge in [-0.05, 0) is 55.0 Å². The smallest absolute Gasteiger partial charge is 0.248 e. The summed E-state index contributed by atoms with van der Waals surface area (Å²) in [7, 11) is -3.83. The maximum absolute atomic E-state index is 12.3. The number of aromatic nitrogens is 1. The quantitative estimate of drug-likeness (QED) is 0.477. The van der Waals surface area contributed by atoms with Gasteiger partial charge >= 0.3 is 0 Å². The minimum atomic E-state index is -3.83. The zero-order valence-corrected chi connectivity index (χ0v) is 17.2. The van der Waals surface area contributed by atoms with Crippen molar-refractivity contribution in [3.63, 3.8) is 0 Å². The number of primary sulfonamides is 1. The molecule has 30 heavy (non-hydrogen) atoms. The summed E-state index contributed by atoms with van der Waals surface area (Å²) < 4.78 is 25.2. The number of carbonyl (C=O) groups is 1. The van der Waals surface area contributed by atoms with E-state index < -0.39 is 10.0 Å². The fraction of sp³-hybridized carbons (Fsp3) is 0.0870. The lowest BCUT2D eigenvalue weighted by Gasteiger charge is -2.04. The van der Waals surface area contributed by atoms with E-state index >= 15 is 0 Å². The molecule has 0 fully saturated rings. The molecule has 3 N–H and O–H groups in total. The van der Waals surface area contributed by atoms with Gasteiger partial charge in [-0.15, -0.1) is 0 Å². The highest BCUT2D eigenvalue weighted by Gasteiger charge is 2.10. The molecule has 6 nitrogen and oxygen atoms in total. The van der Waals surface area contributed by atoms with Crippen molar-refractivity contribution in [2.75, 3.05) is 5.32 Å². The number of aryl methyl sites for hydroxylation is 1. The minimum absolute atomic E-state index is 0.0537. The Hall–Kier alpha value is -3.42. The lowest BCUT2D eigenvalue weighted by atomic mass is 10.1. The minimum Gasteiger partial charge on any atom is -0.341 e. The Morgan fingerprint density at radius 3 is 2.53 bits per heavy atom. The van der Waals surface area contributed by atoms with Crippen molar-refractivity contribution in [2.24, 2.45) is 5.14 Å². The molecule has 4 aromatic rings. The molecule has 0 aliphatic carbocycles. The van der Waals surface area contributed by atoms with E-state index in [1.54, 1.807) is 12.1 Å². The number of sulfonamides is 1. The largest absolute Gasteiger partial charge is 0.341 e. The number of hydrogen-bond acceptors (Lipinski definition) is 3. The number of nitrogens with two attached hydrogens (primary N) is 1. The summed E-state index contributed by atoms with van der Waals surface area (Å²) in [5, 5.41) is 10.1. The topological polar surface area (TPSA) is 94.2 Å². The first kappa shape index (κ1) is 19.9. The fourth-order valence-electron chi connectivity index (χ4n) is 3.62. The zero-order valence-electron chi connectivity index (χ0n) is 16.4. The second kappa shape index (κ2) is 7.78. The standard InChI is InChI=1S/C23H21N3O3S/c1-2-26-21-9-4-3-8-19(21)20-14-16(10-12-22(20)26)11-13-23(27)25-17-6-5-7-18(15-17)30(24,28)29/h3-15H,2H2,1H3,(H,25,27)(H2,24,28,29)/b13-11+. The monoisotopic (exact) mass is 419 g/mol. The molecule has 0 radical (unpaired) electrons. The molecule has 1 aromatic heterocycles. The average molecular weight is 420 g/mol. The van der Waals surface area contributed by atoms with Gasteiger partial charge in [0.2, 0.25) is 15.9 Å². The summed E-state index contributed by atoms with van der Waals surface area (Å²) >= 11 is 0. The van der Waals surface area contributed by atoms with Crippen LogP contribution in [0.3, 0.4) is 0 Å². The number of rotatable bonds is 5. The molecule has 0 saturated heterocycles. The Labute approximate surface area is 174 Å². The molecule has 7 heteroatoms. The average Bonchev–Trinajstić information content (AvgIpc) is 3.05. The van der Waals surface area contributed by atoms with E-state index in [2.05, 4.69) is 41.1 Å². The number of hydrogen-bond donors (Lipinski definition) is 2. The molecule has 4 rings (SSSR count). The summed E-state index contributed by atoms with van der Waals surface area (Å²) in [5.41, 5.74) is 3.59. The highest BCUT2D eigenvalue weighted by Crippen LogP contribution is 2.30. The normalized spacial score (nSPS) is 12.1. The second-order valence-electron chi connectivity index (χ2n) is 6.93.